The summed E-state index contributed by atoms with van der Waals surface area (Å²) in [6.07, 6.45) is -2.20. The number of halogens is 1. The van der Waals surface area contributed by atoms with Crippen LogP contribution in [0.15, 0.2) is 65.4 Å². The van der Waals surface area contributed by atoms with Crippen LogP contribution in [0.3, 0.4) is 0 Å². The van der Waals surface area contributed by atoms with Gasteiger partial charge in [-0.2, -0.15) is 0 Å². The van der Waals surface area contributed by atoms with Gasteiger partial charge in [0.2, 0.25) is 12.2 Å². The summed E-state index contributed by atoms with van der Waals surface area (Å²) in [6.45, 7) is 0.903. The third-order valence-electron chi connectivity index (χ3n) is 4.08. The highest BCUT2D eigenvalue weighted by Gasteiger charge is 2.27. The summed E-state index contributed by atoms with van der Waals surface area (Å²) >= 11 is 1.34. The van der Waals surface area contributed by atoms with Gasteiger partial charge in [-0.1, -0.05) is 60.7 Å². The molecule has 0 aliphatic rings. The lowest BCUT2D eigenvalue weighted by atomic mass is 10.2. The number of rotatable bonds is 11. The first-order chi connectivity index (χ1) is 16.2. The molecule has 0 amide bonds. The van der Waals surface area contributed by atoms with Gasteiger partial charge in [-0.05, 0) is 11.1 Å². The van der Waals surface area contributed by atoms with Crippen LogP contribution in [0.25, 0.3) is 0 Å². The number of carbonyl (C=O) groups excluding carboxylic acids is 2. The average Bonchev–Trinajstić information content (AvgIpc) is 2.82. The molecule has 2 rings (SSSR count). The van der Waals surface area contributed by atoms with Gasteiger partial charge in [0, 0.05) is 14.0 Å². The minimum Gasteiger partial charge on any atom is -0.424 e. The zero-order chi connectivity index (χ0) is 25.0. The van der Waals surface area contributed by atoms with Crippen molar-refractivity contribution in [1.82, 2.24) is 4.90 Å². The second-order valence-electron chi connectivity index (χ2n) is 6.80. The van der Waals surface area contributed by atoms with Crippen molar-refractivity contribution in [3.8, 4) is 0 Å². The number of nitrogens with zero attached hydrogens (tertiary/aromatic N) is 2. The second-order valence-corrected chi connectivity index (χ2v) is 8.90. The summed E-state index contributed by atoms with van der Waals surface area (Å²) in [5.41, 5.74) is 7.47. The summed E-state index contributed by atoms with van der Waals surface area (Å²) in [7, 11) is -2.64. The van der Waals surface area contributed by atoms with Crippen LogP contribution in [0, 0.1) is 0 Å². The molecule has 0 saturated carbocycles. The van der Waals surface area contributed by atoms with Crippen molar-refractivity contribution in [3.05, 3.63) is 71.8 Å². The van der Waals surface area contributed by atoms with E-state index >= 15 is 0 Å². The number of guanidine groups is 1. The van der Waals surface area contributed by atoms with Crippen LogP contribution in [0.2, 0.25) is 0 Å². The van der Waals surface area contributed by atoms with Crippen molar-refractivity contribution in [1.29, 1.82) is 0 Å². The summed E-state index contributed by atoms with van der Waals surface area (Å²) in [4.78, 5) is 24.3. The van der Waals surface area contributed by atoms with E-state index in [4.69, 9.17) is 19.5 Å². The second kappa shape index (κ2) is 13.9. The molecule has 0 aromatic heterocycles. The Morgan fingerprint density at radius 2 is 1.50 bits per heavy atom. The number of esters is 1. The molecule has 1 atom stereocenters. The van der Waals surface area contributed by atoms with Gasteiger partial charge in [0.1, 0.15) is 6.54 Å². The van der Waals surface area contributed by atoms with Gasteiger partial charge in [-0.3, -0.25) is 13.8 Å². The van der Waals surface area contributed by atoms with E-state index in [0.717, 1.165) is 11.1 Å². The van der Waals surface area contributed by atoms with E-state index < -0.39 is 26.2 Å². The molecule has 34 heavy (non-hydrogen) atoms. The maximum absolute atomic E-state index is 13.4. The molecule has 2 aromatic carbocycles. The van der Waals surface area contributed by atoms with Crippen LogP contribution < -0.4 is 5.73 Å². The molecule has 184 valence electrons. The predicted octanol–water partition coefficient (Wildman–Crippen LogP) is 4.17. The molecule has 0 radical (unpaired) electrons. The Morgan fingerprint density at radius 3 is 1.97 bits per heavy atom. The van der Waals surface area contributed by atoms with E-state index in [1.807, 2.05) is 36.4 Å². The Morgan fingerprint density at radius 1 is 1.00 bits per heavy atom. The largest absolute Gasteiger partial charge is 0.521 e. The Balaban J connectivity index is 2.06. The quantitative estimate of drug-likeness (QED) is 0.0992. The van der Waals surface area contributed by atoms with Crippen molar-refractivity contribution < 1.29 is 35.7 Å². The molecular formula is C21H25IN3O8P. The maximum Gasteiger partial charge on any atom is 0.521 e. The van der Waals surface area contributed by atoms with Crippen molar-refractivity contribution >= 4 is 48.8 Å². The lowest BCUT2D eigenvalue weighted by molar-refractivity contribution is -0.166. The summed E-state index contributed by atoms with van der Waals surface area (Å²) in [5, 5.41) is 0. The minimum absolute atomic E-state index is 0.0305. The highest BCUT2D eigenvalue weighted by atomic mass is 127. The number of carbonyl (C=O) groups is 2. The number of hydrogen-bond donors (Lipinski definition) is 1. The topological polar surface area (TPSA) is 139 Å². The third-order valence-corrected chi connectivity index (χ3v) is 5.80. The van der Waals surface area contributed by atoms with Gasteiger partial charge in [0.05, 0.1) is 13.2 Å². The Hall–Kier alpha value is -2.67. The molecule has 1 unspecified atom stereocenters. The van der Waals surface area contributed by atoms with Gasteiger partial charge < -0.3 is 23.2 Å². The summed E-state index contributed by atoms with van der Waals surface area (Å²) in [6, 6.07) is 18.1. The lowest BCUT2D eigenvalue weighted by Crippen LogP contribution is -2.39. The number of likely N-dealkylation sites (N-methyl/N-ethyl adjacent to an activating group) is 1. The SMILES string of the molecule is CC(OC(=O)CN(C)C(N)=NP(=O)(OCc1ccccc1)OCc1ccccc1)OC(=O)OI. The fourth-order valence-electron chi connectivity index (χ4n) is 2.43. The number of ether oxygens (including phenoxy) is 2. The first kappa shape index (κ1) is 27.6. The molecule has 0 aliphatic carbocycles. The highest BCUT2D eigenvalue weighted by Crippen LogP contribution is 2.51. The standard InChI is InChI=1S/C21H25IN3O8P/c1-16(32-21(27)33-22)31-19(26)13-25(2)20(23)24-34(28,29-14-17-9-5-3-6-10-17)30-15-18-11-7-4-8-12-18/h3-12,16H,13-15H2,1-2H3,(H2,23,24,28). The van der Waals surface area contributed by atoms with Crippen LogP contribution in [-0.4, -0.2) is 42.9 Å². The molecule has 0 bridgehead atoms. The normalized spacial score (nSPS) is 12.5. The van der Waals surface area contributed by atoms with Crippen LogP contribution in [0.4, 0.5) is 4.79 Å². The Kier molecular flexibility index (Phi) is 11.3. The zero-order valence-corrected chi connectivity index (χ0v) is 21.6. The molecule has 11 nitrogen and oxygen atoms in total. The minimum atomic E-state index is -4.07. The van der Waals surface area contributed by atoms with E-state index in [1.54, 1.807) is 24.3 Å². The van der Waals surface area contributed by atoms with Gasteiger partial charge in [0.15, 0.2) is 23.0 Å². The highest BCUT2D eigenvalue weighted by molar-refractivity contribution is 14.1. The average molecular weight is 605 g/mol. The molecule has 0 fully saturated rings. The summed E-state index contributed by atoms with van der Waals surface area (Å²) < 4.78 is 42.3. The van der Waals surface area contributed by atoms with Gasteiger partial charge in [-0.15, -0.1) is 4.76 Å². The molecule has 2 aromatic rings. The lowest BCUT2D eigenvalue weighted by Gasteiger charge is -2.21. The zero-order valence-electron chi connectivity index (χ0n) is 18.5. The number of benzene rings is 2. The summed E-state index contributed by atoms with van der Waals surface area (Å²) in [5.74, 6) is -1.05. The van der Waals surface area contributed by atoms with Crippen LogP contribution in [-0.2, 0) is 44.2 Å². The van der Waals surface area contributed by atoms with Crippen molar-refractivity contribution in [2.45, 2.75) is 26.4 Å². The van der Waals surface area contributed by atoms with Gasteiger partial charge >= 0.3 is 19.9 Å². The van der Waals surface area contributed by atoms with E-state index in [0.29, 0.717) is 0 Å². The molecular weight excluding hydrogens is 580 g/mol. The molecule has 0 spiro atoms. The monoisotopic (exact) mass is 605 g/mol. The molecule has 0 aliphatic heterocycles. The smallest absolute Gasteiger partial charge is 0.424 e. The van der Waals surface area contributed by atoms with Gasteiger partial charge in [0.25, 0.3) is 0 Å². The number of hydrogen-bond acceptors (Lipinski definition) is 8. The predicted molar refractivity (Wildman–Crippen MR) is 131 cm³/mol. The Bertz CT molecular complexity index is 962. The Labute approximate surface area is 211 Å². The fourth-order valence-corrected chi connectivity index (χ4v) is 3.75. The van der Waals surface area contributed by atoms with Crippen LogP contribution in [0.1, 0.15) is 18.1 Å². The maximum atomic E-state index is 13.4. The first-order valence-electron chi connectivity index (χ1n) is 9.93. The van der Waals surface area contributed by atoms with Crippen LogP contribution >= 0.6 is 30.8 Å². The van der Waals surface area contributed by atoms with E-state index in [9.17, 15) is 14.2 Å². The fraction of sp³-hybridized carbons (Fsp3) is 0.286. The molecule has 0 saturated heterocycles. The van der Waals surface area contributed by atoms with E-state index in [1.165, 1.54) is 41.9 Å². The van der Waals surface area contributed by atoms with Crippen molar-refractivity contribution in [3.63, 3.8) is 0 Å². The number of nitrogens with two attached hydrogens (primary N) is 1. The third kappa shape index (κ3) is 10.1. The van der Waals surface area contributed by atoms with Crippen LogP contribution in [0.5, 0.6) is 0 Å². The van der Waals surface area contributed by atoms with E-state index in [-0.39, 0.29) is 25.7 Å². The van der Waals surface area contributed by atoms with Gasteiger partial charge in [-0.25, -0.2) is 9.36 Å². The molecule has 0 heterocycles. The van der Waals surface area contributed by atoms with Crippen molar-refractivity contribution in [2.75, 3.05) is 13.6 Å². The van der Waals surface area contributed by atoms with E-state index in [2.05, 4.69) is 12.6 Å². The van der Waals surface area contributed by atoms with Crippen molar-refractivity contribution in [2.24, 2.45) is 10.5 Å². The molecule has 13 heteroatoms. The molecule has 2 N–H and O–H groups in total. The first-order valence-corrected chi connectivity index (χ1v) is 12.3.